The second kappa shape index (κ2) is 9.77. The molecule has 2 aromatic rings. The SMILES string of the molecule is Cl.N[C@@H](CCN1CCC2(CC1)NC(=O)N(Cc1ccc(F)cc1)C2=O)c1ccccc1. The van der Waals surface area contributed by atoms with Crippen LogP contribution in [-0.2, 0) is 11.3 Å². The smallest absolute Gasteiger partial charge is 0.324 e. The number of likely N-dealkylation sites (tertiary alicyclic amines) is 1. The van der Waals surface area contributed by atoms with Gasteiger partial charge < -0.3 is 16.0 Å². The summed E-state index contributed by atoms with van der Waals surface area (Å²) in [7, 11) is 0. The molecule has 2 aromatic carbocycles. The van der Waals surface area contributed by atoms with Crippen molar-refractivity contribution >= 4 is 24.3 Å². The molecule has 0 radical (unpaired) electrons. The number of nitrogens with one attached hydrogen (secondary N) is 1. The Morgan fingerprint density at radius 2 is 1.68 bits per heavy atom. The number of carbonyl (C=O) groups excluding carboxylic acids is 2. The minimum atomic E-state index is -0.824. The number of amides is 3. The first kappa shape index (κ1) is 23.2. The van der Waals surface area contributed by atoms with E-state index in [1.165, 1.54) is 17.0 Å². The van der Waals surface area contributed by atoms with E-state index in [4.69, 9.17) is 5.73 Å². The van der Waals surface area contributed by atoms with Crippen molar-refractivity contribution in [3.63, 3.8) is 0 Å². The lowest BCUT2D eigenvalue weighted by molar-refractivity contribution is -0.133. The Bertz CT molecular complexity index is 902. The summed E-state index contributed by atoms with van der Waals surface area (Å²) in [5.41, 5.74) is 7.33. The first-order valence-electron chi connectivity index (χ1n) is 10.4. The maximum Gasteiger partial charge on any atom is 0.325 e. The van der Waals surface area contributed by atoms with Crippen LogP contribution in [0.1, 0.15) is 36.4 Å². The molecular weight excluding hydrogens is 419 g/mol. The predicted octanol–water partition coefficient (Wildman–Crippen LogP) is 3.22. The number of piperidine rings is 1. The first-order chi connectivity index (χ1) is 14.5. The quantitative estimate of drug-likeness (QED) is 0.668. The van der Waals surface area contributed by atoms with Crippen molar-refractivity contribution in [2.24, 2.45) is 5.73 Å². The van der Waals surface area contributed by atoms with Crippen LogP contribution in [0.2, 0.25) is 0 Å². The van der Waals surface area contributed by atoms with Gasteiger partial charge in [-0.15, -0.1) is 12.4 Å². The maximum atomic E-state index is 13.1. The molecule has 2 fully saturated rings. The topological polar surface area (TPSA) is 78.7 Å². The van der Waals surface area contributed by atoms with Crippen LogP contribution in [0.5, 0.6) is 0 Å². The fraction of sp³-hybridized carbons (Fsp3) is 0.391. The largest absolute Gasteiger partial charge is 0.325 e. The zero-order chi connectivity index (χ0) is 21.1. The number of carbonyl (C=O) groups is 2. The summed E-state index contributed by atoms with van der Waals surface area (Å²) in [6.45, 7) is 2.48. The Morgan fingerprint density at radius 3 is 2.32 bits per heavy atom. The highest BCUT2D eigenvalue weighted by Crippen LogP contribution is 2.31. The molecule has 0 aromatic heterocycles. The highest BCUT2D eigenvalue weighted by molar-refractivity contribution is 6.07. The molecule has 0 bridgehead atoms. The monoisotopic (exact) mass is 446 g/mol. The van der Waals surface area contributed by atoms with Crippen LogP contribution in [0.3, 0.4) is 0 Å². The molecule has 8 heteroatoms. The van der Waals surface area contributed by atoms with Crippen LogP contribution in [0.15, 0.2) is 54.6 Å². The average Bonchev–Trinajstić information content (AvgIpc) is 2.99. The van der Waals surface area contributed by atoms with Gasteiger partial charge in [0.05, 0.1) is 6.54 Å². The van der Waals surface area contributed by atoms with Crippen molar-refractivity contribution in [1.29, 1.82) is 0 Å². The molecule has 2 aliphatic heterocycles. The van der Waals surface area contributed by atoms with Gasteiger partial charge in [0, 0.05) is 19.1 Å². The second-order valence-electron chi connectivity index (χ2n) is 8.18. The highest BCUT2D eigenvalue weighted by Gasteiger charge is 2.52. The molecule has 31 heavy (non-hydrogen) atoms. The molecule has 2 saturated heterocycles. The van der Waals surface area contributed by atoms with E-state index in [2.05, 4.69) is 10.2 Å². The summed E-state index contributed by atoms with van der Waals surface area (Å²) in [5, 5.41) is 2.92. The van der Waals surface area contributed by atoms with Crippen LogP contribution in [-0.4, -0.2) is 46.9 Å². The third kappa shape index (κ3) is 5.06. The van der Waals surface area contributed by atoms with Gasteiger partial charge in [-0.3, -0.25) is 9.69 Å². The molecule has 2 aliphatic rings. The van der Waals surface area contributed by atoms with E-state index in [0.29, 0.717) is 12.8 Å². The van der Waals surface area contributed by atoms with Gasteiger partial charge in [0.2, 0.25) is 0 Å². The van der Waals surface area contributed by atoms with E-state index < -0.39 is 5.54 Å². The maximum absolute atomic E-state index is 13.1. The summed E-state index contributed by atoms with van der Waals surface area (Å²) >= 11 is 0. The Labute approximate surface area is 188 Å². The predicted molar refractivity (Wildman–Crippen MR) is 119 cm³/mol. The number of halogens is 2. The van der Waals surface area contributed by atoms with Crippen molar-refractivity contribution in [3.8, 4) is 0 Å². The minimum absolute atomic E-state index is 0. The lowest BCUT2D eigenvalue weighted by Crippen LogP contribution is -2.55. The fourth-order valence-electron chi connectivity index (χ4n) is 4.28. The van der Waals surface area contributed by atoms with E-state index in [1.54, 1.807) is 12.1 Å². The van der Waals surface area contributed by atoms with Crippen LogP contribution < -0.4 is 11.1 Å². The van der Waals surface area contributed by atoms with Gasteiger partial charge in [-0.1, -0.05) is 42.5 Å². The number of benzene rings is 2. The van der Waals surface area contributed by atoms with E-state index in [9.17, 15) is 14.0 Å². The molecule has 166 valence electrons. The zero-order valence-electron chi connectivity index (χ0n) is 17.3. The van der Waals surface area contributed by atoms with Crippen molar-refractivity contribution < 1.29 is 14.0 Å². The number of imide groups is 1. The molecule has 1 spiro atoms. The normalized spacial score (nSPS) is 19.2. The van der Waals surface area contributed by atoms with Crippen LogP contribution in [0.25, 0.3) is 0 Å². The summed E-state index contributed by atoms with van der Waals surface area (Å²) in [5.74, 6) is -0.524. The van der Waals surface area contributed by atoms with E-state index in [1.807, 2.05) is 30.3 Å². The molecule has 3 N–H and O–H groups in total. The van der Waals surface area contributed by atoms with Crippen molar-refractivity contribution in [2.75, 3.05) is 19.6 Å². The number of hydrogen-bond donors (Lipinski definition) is 2. The number of urea groups is 1. The third-order valence-corrected chi connectivity index (χ3v) is 6.19. The van der Waals surface area contributed by atoms with Gasteiger partial charge in [0.25, 0.3) is 5.91 Å². The summed E-state index contributed by atoms with van der Waals surface area (Å²) in [6, 6.07) is 15.5. The Kier molecular flexibility index (Phi) is 7.30. The van der Waals surface area contributed by atoms with Crippen molar-refractivity contribution in [1.82, 2.24) is 15.1 Å². The Morgan fingerprint density at radius 1 is 1.03 bits per heavy atom. The van der Waals surface area contributed by atoms with Gasteiger partial charge in [-0.2, -0.15) is 0 Å². The summed E-state index contributed by atoms with van der Waals surface area (Å²) < 4.78 is 13.1. The molecule has 3 amide bonds. The number of rotatable bonds is 6. The number of hydrogen-bond acceptors (Lipinski definition) is 4. The molecular formula is C23H28ClFN4O2. The standard InChI is InChI=1S/C23H27FN4O2.ClH/c24-19-8-6-17(7-9-19)16-28-21(29)23(26-22(28)30)11-14-27(15-12-23)13-10-20(25)18-4-2-1-3-5-18;/h1-9,20H,10-16,25H2,(H,26,30);1H/t20-;/m0./s1. The van der Waals surface area contributed by atoms with Gasteiger partial charge in [-0.25, -0.2) is 9.18 Å². The van der Waals surface area contributed by atoms with Crippen molar-refractivity contribution in [3.05, 3.63) is 71.5 Å². The van der Waals surface area contributed by atoms with Gasteiger partial charge >= 0.3 is 6.03 Å². The molecule has 6 nitrogen and oxygen atoms in total. The molecule has 4 rings (SSSR count). The fourth-order valence-corrected chi connectivity index (χ4v) is 4.28. The zero-order valence-corrected chi connectivity index (χ0v) is 18.1. The Hall–Kier alpha value is -2.48. The second-order valence-corrected chi connectivity index (χ2v) is 8.18. The summed E-state index contributed by atoms with van der Waals surface area (Å²) in [4.78, 5) is 29.1. The summed E-state index contributed by atoms with van der Waals surface area (Å²) in [6.07, 6.45) is 2.00. The van der Waals surface area contributed by atoms with Gasteiger partial charge in [-0.05, 0) is 49.1 Å². The molecule has 1 atom stereocenters. The van der Waals surface area contributed by atoms with E-state index in [-0.39, 0.29) is 42.7 Å². The lowest BCUT2D eigenvalue weighted by atomic mass is 9.87. The van der Waals surface area contributed by atoms with Gasteiger partial charge in [0.15, 0.2) is 0 Å². The minimum Gasteiger partial charge on any atom is -0.324 e. The van der Waals surface area contributed by atoms with Crippen molar-refractivity contribution in [2.45, 2.75) is 37.4 Å². The van der Waals surface area contributed by atoms with E-state index >= 15 is 0 Å². The number of nitrogens with two attached hydrogens (primary N) is 1. The van der Waals surface area contributed by atoms with Gasteiger partial charge in [0.1, 0.15) is 11.4 Å². The Balaban J connectivity index is 0.00000272. The van der Waals surface area contributed by atoms with Crippen LogP contribution >= 0.6 is 12.4 Å². The molecule has 0 aliphatic carbocycles. The molecule has 0 unspecified atom stereocenters. The van der Waals surface area contributed by atoms with Crippen LogP contribution in [0.4, 0.5) is 9.18 Å². The highest BCUT2D eigenvalue weighted by atomic mass is 35.5. The third-order valence-electron chi connectivity index (χ3n) is 6.19. The lowest BCUT2D eigenvalue weighted by Gasteiger charge is -2.37. The average molecular weight is 447 g/mol. The molecule has 2 heterocycles. The van der Waals surface area contributed by atoms with Crippen LogP contribution in [0, 0.1) is 5.82 Å². The first-order valence-corrected chi connectivity index (χ1v) is 10.4. The number of nitrogens with zero attached hydrogens (tertiary/aromatic N) is 2. The van der Waals surface area contributed by atoms with E-state index in [0.717, 1.165) is 37.2 Å². The molecule has 0 saturated carbocycles.